The van der Waals surface area contributed by atoms with Gasteiger partial charge in [0.1, 0.15) is 5.75 Å². The van der Waals surface area contributed by atoms with Gasteiger partial charge in [0, 0.05) is 17.6 Å². The van der Waals surface area contributed by atoms with Crippen LogP contribution in [0.4, 0.5) is 0 Å². The number of aliphatic hydroxyl groups is 1. The Balaban J connectivity index is 2.67. The van der Waals surface area contributed by atoms with E-state index in [0.717, 1.165) is 5.56 Å². The Morgan fingerprint density at radius 3 is 2.67 bits per heavy atom. The molecule has 0 saturated heterocycles. The van der Waals surface area contributed by atoms with Crippen molar-refractivity contribution in [1.82, 2.24) is 5.32 Å². The topological polar surface area (TPSA) is 78.8 Å². The minimum atomic E-state index is -1.01. The summed E-state index contributed by atoms with van der Waals surface area (Å²) in [5.41, 5.74) is 0.472. The summed E-state index contributed by atoms with van der Waals surface area (Å²) < 4.78 is 5.20. The smallest absolute Gasteiger partial charge is 0.341 e. The van der Waals surface area contributed by atoms with Crippen LogP contribution in [0.25, 0.3) is 0 Å². The van der Waals surface area contributed by atoms with Gasteiger partial charge in [-0.2, -0.15) is 0 Å². The maximum Gasteiger partial charge on any atom is 0.341 e. The third kappa shape index (κ3) is 4.73. The summed E-state index contributed by atoms with van der Waals surface area (Å²) in [6.45, 7) is 3.93. The molecule has 0 aliphatic carbocycles. The highest BCUT2D eigenvalue weighted by atomic mass is 16.5. The van der Waals surface area contributed by atoms with E-state index in [2.05, 4.69) is 5.32 Å². The molecule has 5 heteroatoms. The molecule has 0 bridgehead atoms. The zero-order valence-electron chi connectivity index (χ0n) is 10.6. The average molecular weight is 253 g/mol. The van der Waals surface area contributed by atoms with Crippen molar-refractivity contribution >= 4 is 5.97 Å². The third-order valence-electron chi connectivity index (χ3n) is 2.48. The molecule has 1 aromatic rings. The van der Waals surface area contributed by atoms with Crippen LogP contribution in [0, 0.1) is 0 Å². The number of hydrogen-bond acceptors (Lipinski definition) is 4. The van der Waals surface area contributed by atoms with E-state index in [4.69, 9.17) is 14.9 Å². The molecule has 0 aromatic heterocycles. The van der Waals surface area contributed by atoms with E-state index in [0.29, 0.717) is 12.3 Å². The highest BCUT2D eigenvalue weighted by Gasteiger charge is 2.16. The molecule has 0 atom stereocenters. The summed E-state index contributed by atoms with van der Waals surface area (Å²) in [6.07, 6.45) is 0. The fraction of sp³-hybridized carbons (Fsp3) is 0.462. The number of nitrogens with one attached hydrogen (secondary N) is 1. The lowest BCUT2D eigenvalue weighted by Gasteiger charge is -2.24. The molecule has 3 N–H and O–H groups in total. The van der Waals surface area contributed by atoms with Gasteiger partial charge in [0.2, 0.25) is 0 Å². The second-order valence-electron chi connectivity index (χ2n) is 4.69. The zero-order valence-corrected chi connectivity index (χ0v) is 10.6. The molecule has 0 heterocycles. The second-order valence-corrected chi connectivity index (χ2v) is 4.69. The van der Waals surface area contributed by atoms with Gasteiger partial charge in [0.05, 0.1) is 6.61 Å². The first kappa shape index (κ1) is 14.5. The Kier molecular flexibility index (Phi) is 5.12. The third-order valence-corrected chi connectivity index (χ3v) is 2.48. The zero-order chi connectivity index (χ0) is 13.6. The van der Waals surface area contributed by atoms with Crippen molar-refractivity contribution < 1.29 is 19.7 Å². The normalized spacial score (nSPS) is 11.3. The molecule has 0 spiro atoms. The Morgan fingerprint density at radius 2 is 2.06 bits per heavy atom. The van der Waals surface area contributed by atoms with Gasteiger partial charge in [-0.05, 0) is 19.9 Å². The number of aliphatic hydroxyl groups excluding tert-OH is 1. The van der Waals surface area contributed by atoms with E-state index in [1.807, 2.05) is 26.0 Å². The molecule has 0 aliphatic heterocycles. The first-order valence-corrected chi connectivity index (χ1v) is 5.73. The second kappa shape index (κ2) is 6.37. The molecule has 0 radical (unpaired) electrons. The fourth-order valence-corrected chi connectivity index (χ4v) is 1.32. The van der Waals surface area contributed by atoms with Crippen molar-refractivity contribution in [2.24, 2.45) is 0 Å². The predicted molar refractivity (Wildman–Crippen MR) is 67.6 cm³/mol. The number of carboxylic acids is 1. The van der Waals surface area contributed by atoms with Gasteiger partial charge in [0.15, 0.2) is 6.61 Å². The molecule has 0 amide bonds. The molecule has 5 nitrogen and oxygen atoms in total. The summed E-state index contributed by atoms with van der Waals surface area (Å²) >= 11 is 0. The summed E-state index contributed by atoms with van der Waals surface area (Å²) in [4.78, 5) is 10.5. The predicted octanol–water partition coefficient (Wildman–Crippen LogP) is 1.01. The monoisotopic (exact) mass is 253 g/mol. The van der Waals surface area contributed by atoms with Crippen LogP contribution >= 0.6 is 0 Å². The van der Waals surface area contributed by atoms with Gasteiger partial charge >= 0.3 is 5.97 Å². The summed E-state index contributed by atoms with van der Waals surface area (Å²) in [7, 11) is 0. The molecule has 0 saturated carbocycles. The standard InChI is InChI=1S/C13H19NO4/c1-13(2,9-15)14-7-10-5-3-4-6-11(10)18-8-12(16)17/h3-6,14-15H,7-9H2,1-2H3,(H,16,17). The maximum absolute atomic E-state index is 10.5. The molecule has 1 rings (SSSR count). The highest BCUT2D eigenvalue weighted by Crippen LogP contribution is 2.18. The summed E-state index contributed by atoms with van der Waals surface area (Å²) in [5, 5.41) is 20.9. The number of ether oxygens (including phenoxy) is 1. The van der Waals surface area contributed by atoms with Crippen molar-refractivity contribution in [2.45, 2.75) is 25.9 Å². The minimum Gasteiger partial charge on any atom is -0.482 e. The Labute approximate surface area is 106 Å². The first-order valence-electron chi connectivity index (χ1n) is 5.73. The number of rotatable bonds is 7. The van der Waals surface area contributed by atoms with Crippen LogP contribution in [0.5, 0.6) is 5.75 Å². The molecule has 0 unspecified atom stereocenters. The van der Waals surface area contributed by atoms with Crippen LogP contribution in [0.3, 0.4) is 0 Å². The number of para-hydroxylation sites is 1. The van der Waals surface area contributed by atoms with Gasteiger partial charge in [-0.15, -0.1) is 0 Å². The average Bonchev–Trinajstić information content (AvgIpc) is 2.35. The molecule has 0 aliphatic rings. The van der Waals surface area contributed by atoms with Gasteiger partial charge in [-0.1, -0.05) is 18.2 Å². The number of aliphatic carboxylic acids is 1. The van der Waals surface area contributed by atoms with Gasteiger partial charge < -0.3 is 20.3 Å². The number of carbonyl (C=O) groups is 1. The van der Waals surface area contributed by atoms with Crippen molar-refractivity contribution in [3.8, 4) is 5.75 Å². The first-order chi connectivity index (χ1) is 8.44. The fourth-order valence-electron chi connectivity index (χ4n) is 1.32. The van der Waals surface area contributed by atoms with E-state index in [1.54, 1.807) is 12.1 Å². The quantitative estimate of drug-likeness (QED) is 0.676. The minimum absolute atomic E-state index is 0.0190. The van der Waals surface area contributed by atoms with Gasteiger partial charge in [-0.3, -0.25) is 0 Å². The summed E-state index contributed by atoms with van der Waals surface area (Å²) in [5.74, 6) is -0.463. The Bertz CT molecular complexity index is 404. The van der Waals surface area contributed by atoms with Crippen LogP contribution in [-0.2, 0) is 11.3 Å². The van der Waals surface area contributed by atoms with Crippen LogP contribution in [0.15, 0.2) is 24.3 Å². The Morgan fingerprint density at radius 1 is 1.39 bits per heavy atom. The molecule has 0 fully saturated rings. The van der Waals surface area contributed by atoms with Gasteiger partial charge in [-0.25, -0.2) is 4.79 Å². The van der Waals surface area contributed by atoms with Crippen LogP contribution in [0.2, 0.25) is 0 Å². The van der Waals surface area contributed by atoms with Crippen LogP contribution < -0.4 is 10.1 Å². The lowest BCUT2D eigenvalue weighted by molar-refractivity contribution is -0.139. The van der Waals surface area contributed by atoms with Gasteiger partial charge in [0.25, 0.3) is 0 Å². The van der Waals surface area contributed by atoms with E-state index in [-0.39, 0.29) is 18.8 Å². The van der Waals surface area contributed by atoms with E-state index in [9.17, 15) is 4.79 Å². The molecule has 1 aromatic carbocycles. The molecular formula is C13H19NO4. The van der Waals surface area contributed by atoms with Crippen molar-refractivity contribution in [2.75, 3.05) is 13.2 Å². The molecule has 100 valence electrons. The maximum atomic E-state index is 10.5. The van der Waals surface area contributed by atoms with Crippen molar-refractivity contribution in [3.63, 3.8) is 0 Å². The molecular weight excluding hydrogens is 234 g/mol. The number of benzene rings is 1. The van der Waals surface area contributed by atoms with Crippen LogP contribution in [0.1, 0.15) is 19.4 Å². The lowest BCUT2D eigenvalue weighted by atomic mass is 10.1. The van der Waals surface area contributed by atoms with Crippen LogP contribution in [-0.4, -0.2) is 34.9 Å². The van der Waals surface area contributed by atoms with E-state index >= 15 is 0 Å². The molecule has 18 heavy (non-hydrogen) atoms. The van der Waals surface area contributed by atoms with Crippen molar-refractivity contribution in [3.05, 3.63) is 29.8 Å². The van der Waals surface area contributed by atoms with E-state index < -0.39 is 5.97 Å². The Hall–Kier alpha value is -1.59. The summed E-state index contributed by atoms with van der Waals surface area (Å²) in [6, 6.07) is 7.23. The van der Waals surface area contributed by atoms with E-state index in [1.165, 1.54) is 0 Å². The largest absolute Gasteiger partial charge is 0.482 e. The lowest BCUT2D eigenvalue weighted by Crippen LogP contribution is -2.42. The van der Waals surface area contributed by atoms with Crippen molar-refractivity contribution in [1.29, 1.82) is 0 Å². The SMILES string of the molecule is CC(C)(CO)NCc1ccccc1OCC(=O)O. The number of carboxylic acid groups (broad SMARTS) is 1. The number of hydrogen-bond donors (Lipinski definition) is 3. The highest BCUT2D eigenvalue weighted by molar-refractivity contribution is 5.68.